The third-order valence-electron chi connectivity index (χ3n) is 4.61. The number of hydrogen-bond acceptors (Lipinski definition) is 7. The first kappa shape index (κ1) is 26.3. The second-order valence-electron chi connectivity index (χ2n) is 7.06. The van der Waals surface area contributed by atoms with E-state index < -0.39 is 10.0 Å². The summed E-state index contributed by atoms with van der Waals surface area (Å²) < 4.78 is 26.3. The van der Waals surface area contributed by atoms with Crippen molar-refractivity contribution in [3.8, 4) is 5.69 Å². The molecule has 9 nitrogen and oxygen atoms in total. The van der Waals surface area contributed by atoms with Crippen LogP contribution in [0.5, 0.6) is 0 Å². The van der Waals surface area contributed by atoms with Crippen LogP contribution in [0.1, 0.15) is 0 Å². The molecular weight excluding hydrogens is 740 g/mol. The SMILES string of the molecule is NS(=O)(=O)c1ccc(-n2c(SCC(=O)Nc3ccc(Cl)cn3)nc3c(I)cc(I)cc3c2=O)cc1. The molecule has 0 unspecified atom stereocenters. The van der Waals surface area contributed by atoms with Crippen LogP contribution in [-0.2, 0) is 14.8 Å². The average Bonchev–Trinajstić information content (AvgIpc) is 2.79. The number of pyridine rings is 1. The molecule has 0 saturated carbocycles. The third kappa shape index (κ3) is 6.14. The van der Waals surface area contributed by atoms with Crippen LogP contribution < -0.4 is 16.0 Å². The zero-order chi connectivity index (χ0) is 25.3. The Balaban J connectivity index is 1.75. The van der Waals surface area contributed by atoms with E-state index in [0.717, 1.165) is 18.9 Å². The smallest absolute Gasteiger partial charge is 0.266 e. The highest BCUT2D eigenvalue weighted by molar-refractivity contribution is 14.1. The number of anilines is 1. The Morgan fingerprint density at radius 2 is 1.86 bits per heavy atom. The van der Waals surface area contributed by atoms with E-state index in [9.17, 15) is 18.0 Å². The molecule has 0 aliphatic rings. The highest BCUT2D eigenvalue weighted by Crippen LogP contribution is 2.26. The van der Waals surface area contributed by atoms with Crippen LogP contribution in [-0.4, -0.2) is 34.6 Å². The molecule has 180 valence electrons. The van der Waals surface area contributed by atoms with Gasteiger partial charge in [0.1, 0.15) is 5.82 Å². The Labute approximate surface area is 236 Å². The van der Waals surface area contributed by atoms with Crippen molar-refractivity contribution < 1.29 is 13.2 Å². The number of primary sulfonamides is 1. The minimum absolute atomic E-state index is 0.0571. The summed E-state index contributed by atoms with van der Waals surface area (Å²) in [7, 11) is -3.90. The maximum Gasteiger partial charge on any atom is 0.266 e. The Hall–Kier alpha value is -1.79. The number of nitrogens with zero attached hydrogens (tertiary/aromatic N) is 3. The maximum absolute atomic E-state index is 13.5. The topological polar surface area (TPSA) is 137 Å². The van der Waals surface area contributed by atoms with Gasteiger partial charge in [-0.2, -0.15) is 0 Å². The molecule has 0 saturated heterocycles. The van der Waals surface area contributed by atoms with E-state index in [4.69, 9.17) is 16.7 Å². The van der Waals surface area contributed by atoms with Crippen molar-refractivity contribution in [2.75, 3.05) is 11.1 Å². The quantitative estimate of drug-likeness (QED) is 0.173. The van der Waals surface area contributed by atoms with Gasteiger partial charge in [-0.1, -0.05) is 23.4 Å². The number of amides is 1. The largest absolute Gasteiger partial charge is 0.310 e. The molecule has 0 atom stereocenters. The van der Waals surface area contributed by atoms with Gasteiger partial charge in [-0.05, 0) is 93.7 Å². The number of aromatic nitrogens is 3. The molecule has 2 aromatic carbocycles. The summed E-state index contributed by atoms with van der Waals surface area (Å²) in [5.41, 5.74) is 0.542. The van der Waals surface area contributed by atoms with Gasteiger partial charge in [-0.3, -0.25) is 14.2 Å². The van der Waals surface area contributed by atoms with Gasteiger partial charge in [0, 0.05) is 13.3 Å². The third-order valence-corrected chi connectivity index (χ3v) is 8.15. The van der Waals surface area contributed by atoms with Crippen LogP contribution in [0.3, 0.4) is 0 Å². The second kappa shape index (κ2) is 10.7. The number of halogens is 3. The Bertz CT molecular complexity index is 1610. The Morgan fingerprint density at radius 3 is 2.49 bits per heavy atom. The molecule has 2 heterocycles. The van der Waals surface area contributed by atoms with E-state index in [2.05, 4.69) is 60.5 Å². The first-order valence-electron chi connectivity index (χ1n) is 9.62. The molecule has 0 aliphatic heterocycles. The lowest BCUT2D eigenvalue weighted by Crippen LogP contribution is -2.23. The van der Waals surface area contributed by atoms with E-state index in [1.54, 1.807) is 18.2 Å². The van der Waals surface area contributed by atoms with E-state index >= 15 is 0 Å². The summed E-state index contributed by atoms with van der Waals surface area (Å²) in [6.45, 7) is 0. The standard InChI is InChI=1S/C21H14ClI2N5O4S2/c22-11-1-6-17(26-9-11)27-18(30)10-34-21-28-19-15(7-12(23)8-16(19)24)20(31)29(21)13-2-4-14(5-3-13)35(25,32)33/h1-9H,10H2,(H2,25,32,33)(H,26,27,30). The molecule has 0 radical (unpaired) electrons. The lowest BCUT2D eigenvalue weighted by atomic mass is 10.2. The summed E-state index contributed by atoms with van der Waals surface area (Å²) in [5, 5.41) is 8.97. The lowest BCUT2D eigenvalue weighted by Gasteiger charge is -2.14. The lowest BCUT2D eigenvalue weighted by molar-refractivity contribution is -0.113. The number of rotatable bonds is 6. The van der Waals surface area contributed by atoms with E-state index in [-0.39, 0.29) is 27.3 Å². The number of nitrogens with two attached hydrogens (primary N) is 1. The zero-order valence-corrected chi connectivity index (χ0v) is 24.1. The van der Waals surface area contributed by atoms with Gasteiger partial charge >= 0.3 is 0 Å². The molecule has 2 aromatic heterocycles. The number of fused-ring (bicyclic) bond motifs is 1. The monoisotopic (exact) mass is 753 g/mol. The van der Waals surface area contributed by atoms with Gasteiger partial charge in [-0.15, -0.1) is 0 Å². The number of nitrogens with one attached hydrogen (secondary N) is 1. The molecule has 1 amide bonds. The highest BCUT2D eigenvalue weighted by atomic mass is 127. The summed E-state index contributed by atoms with van der Waals surface area (Å²) in [6, 6.07) is 12.4. The summed E-state index contributed by atoms with van der Waals surface area (Å²) in [4.78, 5) is 34.7. The van der Waals surface area contributed by atoms with Crippen LogP contribution in [0.2, 0.25) is 5.02 Å². The molecule has 0 aliphatic carbocycles. The predicted octanol–water partition coefficient (Wildman–Crippen LogP) is 4.02. The summed E-state index contributed by atoms with van der Waals surface area (Å²) in [6.07, 6.45) is 1.42. The van der Waals surface area contributed by atoms with Crippen molar-refractivity contribution in [2.45, 2.75) is 10.1 Å². The van der Waals surface area contributed by atoms with Gasteiger partial charge in [0.05, 0.1) is 32.3 Å². The molecule has 0 fully saturated rings. The molecule has 0 bridgehead atoms. The fourth-order valence-corrected chi connectivity index (χ4v) is 6.46. The van der Waals surface area contributed by atoms with Gasteiger partial charge in [0.2, 0.25) is 15.9 Å². The van der Waals surface area contributed by atoms with Gasteiger partial charge < -0.3 is 5.32 Å². The van der Waals surface area contributed by atoms with Gasteiger partial charge in [0.15, 0.2) is 5.16 Å². The predicted molar refractivity (Wildman–Crippen MR) is 153 cm³/mol. The fraction of sp³-hybridized carbons (Fsp3) is 0.0476. The van der Waals surface area contributed by atoms with Crippen LogP contribution >= 0.6 is 68.5 Å². The maximum atomic E-state index is 13.5. The first-order valence-corrected chi connectivity index (χ1v) is 14.7. The van der Waals surface area contributed by atoms with E-state index in [1.807, 2.05) is 6.07 Å². The Kier molecular flexibility index (Phi) is 8.02. The highest BCUT2D eigenvalue weighted by Gasteiger charge is 2.18. The van der Waals surface area contributed by atoms with E-state index in [1.165, 1.54) is 35.0 Å². The van der Waals surface area contributed by atoms with Crippen LogP contribution in [0, 0.1) is 7.14 Å². The molecule has 4 aromatic rings. The van der Waals surface area contributed by atoms with E-state index in [0.29, 0.717) is 27.4 Å². The number of carbonyl (C=O) groups excluding carboxylic acids is 1. The number of sulfonamides is 1. The Morgan fingerprint density at radius 1 is 1.14 bits per heavy atom. The zero-order valence-electron chi connectivity index (χ0n) is 17.4. The second-order valence-corrected chi connectivity index (χ2v) is 12.4. The first-order chi connectivity index (χ1) is 16.5. The van der Waals surface area contributed by atoms with Crippen LogP contribution in [0.4, 0.5) is 5.82 Å². The number of carbonyl (C=O) groups is 1. The molecule has 35 heavy (non-hydrogen) atoms. The minimum Gasteiger partial charge on any atom is -0.310 e. The molecule has 4 rings (SSSR count). The molecule has 0 spiro atoms. The number of thioether (sulfide) groups is 1. The summed E-state index contributed by atoms with van der Waals surface area (Å²) in [5.74, 6) is -0.0717. The molecular formula is C21H14ClI2N5O4S2. The van der Waals surface area contributed by atoms with Crippen molar-refractivity contribution in [3.63, 3.8) is 0 Å². The van der Waals surface area contributed by atoms with Crippen LogP contribution in [0.15, 0.2) is 69.6 Å². The van der Waals surface area contributed by atoms with Crippen molar-refractivity contribution >= 4 is 101 Å². The van der Waals surface area contributed by atoms with Crippen LogP contribution in [0.25, 0.3) is 16.6 Å². The van der Waals surface area contributed by atoms with Crippen molar-refractivity contribution in [1.82, 2.24) is 14.5 Å². The summed E-state index contributed by atoms with van der Waals surface area (Å²) >= 11 is 11.1. The normalized spacial score (nSPS) is 11.5. The van der Waals surface area contributed by atoms with Gasteiger partial charge in [0.25, 0.3) is 5.56 Å². The van der Waals surface area contributed by atoms with Crippen molar-refractivity contribution in [1.29, 1.82) is 0 Å². The van der Waals surface area contributed by atoms with Crippen molar-refractivity contribution in [2.24, 2.45) is 5.14 Å². The fourth-order valence-electron chi connectivity index (χ4n) is 3.06. The molecule has 14 heteroatoms. The van der Waals surface area contributed by atoms with Crippen molar-refractivity contribution in [3.05, 3.63) is 77.2 Å². The number of benzene rings is 2. The average molecular weight is 754 g/mol. The number of hydrogen-bond donors (Lipinski definition) is 2. The van der Waals surface area contributed by atoms with Gasteiger partial charge in [-0.25, -0.2) is 23.5 Å². The minimum atomic E-state index is -3.90. The molecule has 3 N–H and O–H groups in total.